The van der Waals surface area contributed by atoms with Crippen molar-refractivity contribution in [2.24, 2.45) is 0 Å². The summed E-state index contributed by atoms with van der Waals surface area (Å²) in [7, 11) is 0. The Balaban J connectivity index is 2.00. The molecule has 2 nitrogen and oxygen atoms in total. The lowest BCUT2D eigenvalue weighted by atomic mass is 10.0. The van der Waals surface area contributed by atoms with Gasteiger partial charge in [-0.05, 0) is 23.6 Å². The summed E-state index contributed by atoms with van der Waals surface area (Å²) in [5.41, 5.74) is 1.75. The Labute approximate surface area is 118 Å². The van der Waals surface area contributed by atoms with Gasteiger partial charge in [-0.2, -0.15) is 0 Å². The van der Waals surface area contributed by atoms with Crippen LogP contribution in [-0.2, 0) is 0 Å². The molecule has 0 N–H and O–H groups in total. The maximum atomic E-state index is 13.3. The predicted molar refractivity (Wildman–Crippen MR) is 76.8 cm³/mol. The zero-order valence-corrected chi connectivity index (χ0v) is 11.6. The molecule has 3 heteroatoms. The summed E-state index contributed by atoms with van der Waals surface area (Å²) in [6.45, 7) is 4.03. The number of rotatable bonds is 5. The Hall–Kier alpha value is -2.16. The summed E-state index contributed by atoms with van der Waals surface area (Å²) >= 11 is 0. The first-order valence-electron chi connectivity index (χ1n) is 6.58. The molecule has 0 unspecified atom stereocenters. The van der Waals surface area contributed by atoms with Crippen molar-refractivity contribution < 1.29 is 13.9 Å². The molecule has 2 aromatic rings. The van der Waals surface area contributed by atoms with Crippen molar-refractivity contribution in [1.29, 1.82) is 0 Å². The molecule has 0 bridgehead atoms. The lowest BCUT2D eigenvalue weighted by molar-refractivity contribution is 0.0919. The smallest absolute Gasteiger partial charge is 0.200 e. The highest BCUT2D eigenvalue weighted by Gasteiger charge is 2.09. The van der Waals surface area contributed by atoms with Crippen LogP contribution >= 0.6 is 0 Å². The van der Waals surface area contributed by atoms with Gasteiger partial charge in [0.1, 0.15) is 0 Å². The summed E-state index contributed by atoms with van der Waals surface area (Å²) < 4.78 is 18.6. The average molecular weight is 272 g/mol. The van der Waals surface area contributed by atoms with Crippen molar-refractivity contribution >= 4 is 5.78 Å². The minimum absolute atomic E-state index is 0.0969. The number of para-hydroxylation sites is 1. The molecule has 2 aromatic carbocycles. The fraction of sp³-hybridized carbons (Fsp3) is 0.235. The van der Waals surface area contributed by atoms with E-state index in [-0.39, 0.29) is 18.1 Å². The number of carbonyl (C=O) groups excluding carboxylic acids is 1. The van der Waals surface area contributed by atoms with E-state index in [4.69, 9.17) is 4.74 Å². The van der Waals surface area contributed by atoms with E-state index in [1.54, 1.807) is 24.3 Å². The van der Waals surface area contributed by atoms with Crippen LogP contribution in [0.5, 0.6) is 5.75 Å². The average Bonchev–Trinajstić information content (AvgIpc) is 2.46. The van der Waals surface area contributed by atoms with Crippen molar-refractivity contribution in [2.75, 3.05) is 6.61 Å². The van der Waals surface area contributed by atoms with Crippen molar-refractivity contribution in [3.63, 3.8) is 0 Å². The van der Waals surface area contributed by atoms with Crippen LogP contribution in [0.25, 0.3) is 0 Å². The number of hydrogen-bond acceptors (Lipinski definition) is 2. The molecule has 0 atom stereocenters. The van der Waals surface area contributed by atoms with Crippen LogP contribution in [-0.4, -0.2) is 12.4 Å². The maximum absolute atomic E-state index is 13.3. The van der Waals surface area contributed by atoms with Gasteiger partial charge in [0.2, 0.25) is 0 Å². The summed E-state index contributed by atoms with van der Waals surface area (Å²) in [5.74, 6) is -0.104. The van der Waals surface area contributed by atoms with Gasteiger partial charge in [-0.25, -0.2) is 4.39 Å². The predicted octanol–water partition coefficient (Wildman–Crippen LogP) is 4.21. The molecular weight excluding hydrogens is 255 g/mol. The van der Waals surface area contributed by atoms with Gasteiger partial charge in [0, 0.05) is 5.56 Å². The topological polar surface area (TPSA) is 26.3 Å². The van der Waals surface area contributed by atoms with E-state index in [1.165, 1.54) is 17.7 Å². The number of ketones is 1. The molecule has 104 valence electrons. The molecule has 0 heterocycles. The third kappa shape index (κ3) is 3.44. The number of Topliss-reactive ketones (excluding diaryl/α,β-unsaturated/α-hetero) is 1. The molecule has 0 saturated carbocycles. The van der Waals surface area contributed by atoms with Crippen LogP contribution in [0.2, 0.25) is 0 Å². The molecule has 0 fully saturated rings. The van der Waals surface area contributed by atoms with Crippen LogP contribution < -0.4 is 4.74 Å². The van der Waals surface area contributed by atoms with Crippen molar-refractivity contribution in [2.45, 2.75) is 19.8 Å². The number of benzene rings is 2. The molecule has 0 spiro atoms. The molecule has 0 saturated heterocycles. The molecule has 0 amide bonds. The minimum atomic E-state index is -0.463. The van der Waals surface area contributed by atoms with Crippen molar-refractivity contribution in [3.05, 3.63) is 65.5 Å². The summed E-state index contributed by atoms with van der Waals surface area (Å²) in [4.78, 5) is 12.0. The Morgan fingerprint density at radius 1 is 1.10 bits per heavy atom. The van der Waals surface area contributed by atoms with Crippen LogP contribution in [0.4, 0.5) is 4.39 Å². The zero-order chi connectivity index (χ0) is 14.5. The van der Waals surface area contributed by atoms with E-state index in [9.17, 15) is 9.18 Å². The molecule has 0 radical (unpaired) electrons. The molecule has 20 heavy (non-hydrogen) atoms. The lowest BCUT2D eigenvalue weighted by Gasteiger charge is -2.08. The van der Waals surface area contributed by atoms with Gasteiger partial charge < -0.3 is 4.74 Å². The van der Waals surface area contributed by atoms with Gasteiger partial charge >= 0.3 is 0 Å². The number of ether oxygens (including phenoxy) is 1. The van der Waals surface area contributed by atoms with Gasteiger partial charge in [-0.15, -0.1) is 0 Å². The van der Waals surface area contributed by atoms with Crippen molar-refractivity contribution in [3.8, 4) is 5.75 Å². The first kappa shape index (κ1) is 14.3. The second-order valence-corrected chi connectivity index (χ2v) is 4.92. The third-order valence-electron chi connectivity index (χ3n) is 3.09. The van der Waals surface area contributed by atoms with Crippen LogP contribution in [0.15, 0.2) is 48.5 Å². The van der Waals surface area contributed by atoms with Gasteiger partial charge in [-0.1, -0.05) is 50.2 Å². The molecule has 0 aliphatic carbocycles. The number of hydrogen-bond donors (Lipinski definition) is 0. The summed E-state index contributed by atoms with van der Waals surface area (Å²) in [6, 6.07) is 13.5. The molecule has 2 rings (SSSR count). The Morgan fingerprint density at radius 2 is 1.75 bits per heavy atom. The van der Waals surface area contributed by atoms with Gasteiger partial charge in [0.15, 0.2) is 24.0 Å². The van der Waals surface area contributed by atoms with Crippen LogP contribution in [0.1, 0.15) is 35.7 Å². The second kappa shape index (κ2) is 6.33. The van der Waals surface area contributed by atoms with Crippen molar-refractivity contribution in [1.82, 2.24) is 0 Å². The first-order chi connectivity index (χ1) is 9.58. The quantitative estimate of drug-likeness (QED) is 0.762. The largest absolute Gasteiger partial charge is 0.482 e. The van der Waals surface area contributed by atoms with E-state index in [0.717, 1.165) is 0 Å². The number of carbonyl (C=O) groups is 1. The summed E-state index contributed by atoms with van der Waals surface area (Å²) in [6.07, 6.45) is 0. The number of halogens is 1. The molecule has 0 aliphatic heterocycles. The first-order valence-corrected chi connectivity index (χ1v) is 6.58. The standard InChI is InChI=1S/C17H17FO2/c1-12(2)13-7-9-14(10-8-13)16(19)11-20-17-6-4-3-5-15(17)18/h3-10,12H,11H2,1-2H3. The second-order valence-electron chi connectivity index (χ2n) is 4.92. The van der Waals surface area contributed by atoms with Gasteiger partial charge in [0.25, 0.3) is 0 Å². The van der Waals surface area contributed by atoms with Crippen LogP contribution in [0, 0.1) is 5.82 Å². The monoisotopic (exact) mass is 272 g/mol. The Kier molecular flexibility index (Phi) is 4.51. The van der Waals surface area contributed by atoms with E-state index in [1.807, 2.05) is 12.1 Å². The fourth-order valence-corrected chi connectivity index (χ4v) is 1.84. The fourth-order valence-electron chi connectivity index (χ4n) is 1.84. The highest BCUT2D eigenvalue weighted by atomic mass is 19.1. The van der Waals surface area contributed by atoms with Gasteiger partial charge in [0.05, 0.1) is 0 Å². The third-order valence-corrected chi connectivity index (χ3v) is 3.09. The van der Waals surface area contributed by atoms with Crippen LogP contribution in [0.3, 0.4) is 0 Å². The van der Waals surface area contributed by atoms with E-state index in [0.29, 0.717) is 11.5 Å². The van der Waals surface area contributed by atoms with E-state index < -0.39 is 5.82 Å². The lowest BCUT2D eigenvalue weighted by Crippen LogP contribution is -2.12. The SMILES string of the molecule is CC(C)c1ccc(C(=O)COc2ccccc2F)cc1. The van der Waals surface area contributed by atoms with Gasteiger partial charge in [-0.3, -0.25) is 4.79 Å². The minimum Gasteiger partial charge on any atom is -0.482 e. The Morgan fingerprint density at radius 3 is 2.35 bits per heavy atom. The molecular formula is C17H17FO2. The highest BCUT2D eigenvalue weighted by molar-refractivity contribution is 5.97. The van der Waals surface area contributed by atoms with E-state index >= 15 is 0 Å². The Bertz CT molecular complexity index is 588. The highest BCUT2D eigenvalue weighted by Crippen LogP contribution is 2.17. The van der Waals surface area contributed by atoms with E-state index in [2.05, 4.69) is 13.8 Å². The summed E-state index contributed by atoms with van der Waals surface area (Å²) in [5, 5.41) is 0. The normalized spacial score (nSPS) is 10.6. The maximum Gasteiger partial charge on any atom is 0.200 e. The zero-order valence-electron chi connectivity index (χ0n) is 11.6. The molecule has 0 aliphatic rings. The molecule has 0 aromatic heterocycles.